The first-order valence-electron chi connectivity index (χ1n) is 5.42. The van der Waals surface area contributed by atoms with Gasteiger partial charge in [-0.1, -0.05) is 23.2 Å². The molecule has 1 saturated carbocycles. The lowest BCUT2D eigenvalue weighted by atomic mass is 9.69. The minimum Gasteiger partial charge on any atom is -0.473 e. The minimum absolute atomic E-state index is 0.271. The van der Waals surface area contributed by atoms with E-state index in [0.717, 1.165) is 13.1 Å². The smallest absolute Gasteiger partial charge is 0.232 e. The van der Waals surface area contributed by atoms with E-state index in [0.29, 0.717) is 27.8 Å². The molecule has 2 heterocycles. The Kier molecular flexibility index (Phi) is 2.70. The maximum Gasteiger partial charge on any atom is 0.232 e. The number of fused-ring (bicyclic) bond motifs is 2. The van der Waals surface area contributed by atoms with Gasteiger partial charge >= 0.3 is 0 Å². The number of nitrogens with zero attached hydrogens (tertiary/aromatic N) is 1. The van der Waals surface area contributed by atoms with Crippen LogP contribution < -0.4 is 10.1 Å². The number of aromatic nitrogens is 1. The van der Waals surface area contributed by atoms with Crippen molar-refractivity contribution in [1.29, 1.82) is 0 Å². The zero-order valence-electron chi connectivity index (χ0n) is 8.62. The Balaban J connectivity index is 1.74. The highest BCUT2D eigenvalue weighted by Crippen LogP contribution is 2.40. The van der Waals surface area contributed by atoms with Crippen molar-refractivity contribution in [3.63, 3.8) is 0 Å². The molecule has 1 saturated heterocycles. The van der Waals surface area contributed by atoms with Crippen molar-refractivity contribution in [1.82, 2.24) is 10.3 Å². The van der Waals surface area contributed by atoms with Crippen LogP contribution in [0, 0.1) is 11.8 Å². The average molecular weight is 259 g/mol. The lowest BCUT2D eigenvalue weighted by molar-refractivity contribution is -0.0469. The standard InChI is InChI=1S/C11H12Cl2N2O/c12-8-2-9(13)11(15-5-8)16-10-6-1-7(10)4-14-3-6/h2,5-7,10,14H,1,3-4H2/t6-,7+,10?. The molecule has 86 valence electrons. The maximum absolute atomic E-state index is 6.02. The third-order valence-electron chi connectivity index (χ3n) is 3.37. The van der Waals surface area contributed by atoms with Gasteiger partial charge in [0.05, 0.1) is 5.02 Å². The molecular formula is C11H12Cl2N2O. The number of rotatable bonds is 2. The van der Waals surface area contributed by atoms with Gasteiger partial charge in [-0.25, -0.2) is 4.98 Å². The lowest BCUT2D eigenvalue weighted by Gasteiger charge is -2.48. The molecule has 1 aromatic rings. The number of pyridine rings is 1. The summed E-state index contributed by atoms with van der Waals surface area (Å²) in [4.78, 5) is 4.12. The maximum atomic E-state index is 6.02. The molecule has 1 aromatic heterocycles. The van der Waals surface area contributed by atoms with Gasteiger partial charge in [0.15, 0.2) is 0 Å². The molecule has 3 nitrogen and oxygen atoms in total. The topological polar surface area (TPSA) is 34.1 Å². The van der Waals surface area contributed by atoms with Crippen LogP contribution in [0.5, 0.6) is 5.88 Å². The van der Waals surface area contributed by atoms with Crippen LogP contribution in [0.1, 0.15) is 6.42 Å². The average Bonchev–Trinajstić information content (AvgIpc) is 2.28. The molecule has 0 amide bonds. The highest BCUT2D eigenvalue weighted by atomic mass is 35.5. The second kappa shape index (κ2) is 4.06. The van der Waals surface area contributed by atoms with E-state index in [1.54, 1.807) is 12.3 Å². The minimum atomic E-state index is 0.271. The number of nitrogens with one attached hydrogen (secondary N) is 1. The van der Waals surface area contributed by atoms with Crippen LogP contribution in [0.4, 0.5) is 0 Å². The van der Waals surface area contributed by atoms with Crippen LogP contribution in [0.3, 0.4) is 0 Å². The summed E-state index contributed by atoms with van der Waals surface area (Å²) in [5.41, 5.74) is 0. The summed E-state index contributed by atoms with van der Waals surface area (Å²) >= 11 is 11.8. The normalized spacial score (nSPS) is 32.0. The van der Waals surface area contributed by atoms with Crippen LogP contribution in [0.25, 0.3) is 0 Å². The van der Waals surface area contributed by atoms with Gasteiger partial charge in [0, 0.05) is 31.1 Å². The van der Waals surface area contributed by atoms with E-state index >= 15 is 0 Å². The predicted octanol–water partition coefficient (Wildman–Crippen LogP) is 2.38. The summed E-state index contributed by atoms with van der Waals surface area (Å²) in [5, 5.41) is 4.40. The summed E-state index contributed by atoms with van der Waals surface area (Å²) in [6.07, 6.45) is 3.09. The summed E-state index contributed by atoms with van der Waals surface area (Å²) < 4.78 is 5.86. The van der Waals surface area contributed by atoms with Crippen LogP contribution in [0.2, 0.25) is 10.0 Å². The predicted molar refractivity (Wildman–Crippen MR) is 63.1 cm³/mol. The van der Waals surface area contributed by atoms with Gasteiger partial charge < -0.3 is 10.1 Å². The Morgan fingerprint density at radius 3 is 2.69 bits per heavy atom. The third kappa shape index (κ3) is 1.77. The van der Waals surface area contributed by atoms with Gasteiger partial charge in [0.25, 0.3) is 0 Å². The van der Waals surface area contributed by atoms with Gasteiger partial charge in [0.2, 0.25) is 5.88 Å². The molecule has 0 spiro atoms. The van der Waals surface area contributed by atoms with Crippen molar-refractivity contribution < 1.29 is 4.74 Å². The molecule has 3 atom stereocenters. The van der Waals surface area contributed by atoms with E-state index in [2.05, 4.69) is 10.3 Å². The molecule has 2 fully saturated rings. The first-order valence-corrected chi connectivity index (χ1v) is 6.18. The molecule has 5 heteroatoms. The van der Waals surface area contributed by atoms with Gasteiger partial charge in [-0.15, -0.1) is 0 Å². The van der Waals surface area contributed by atoms with Crippen molar-refractivity contribution in [3.05, 3.63) is 22.3 Å². The Labute approximate surface area is 104 Å². The molecule has 3 rings (SSSR count). The molecule has 16 heavy (non-hydrogen) atoms. The first-order chi connectivity index (χ1) is 7.74. The fraction of sp³-hybridized carbons (Fsp3) is 0.545. The molecule has 0 aromatic carbocycles. The summed E-state index contributed by atoms with van der Waals surface area (Å²) in [7, 11) is 0. The Hall–Kier alpha value is -0.510. The number of halogens is 2. The number of hydrogen-bond acceptors (Lipinski definition) is 3. The summed E-state index contributed by atoms with van der Waals surface area (Å²) in [5.74, 6) is 1.72. The van der Waals surface area contributed by atoms with Gasteiger partial charge in [-0.2, -0.15) is 0 Å². The van der Waals surface area contributed by atoms with E-state index < -0.39 is 0 Å². The molecular weight excluding hydrogens is 247 g/mol. The van der Waals surface area contributed by atoms with Crippen molar-refractivity contribution >= 4 is 23.2 Å². The second-order valence-electron chi connectivity index (χ2n) is 4.44. The van der Waals surface area contributed by atoms with E-state index in [1.807, 2.05) is 0 Å². The van der Waals surface area contributed by atoms with Gasteiger partial charge in [0.1, 0.15) is 11.1 Å². The highest BCUT2D eigenvalue weighted by molar-refractivity contribution is 6.35. The van der Waals surface area contributed by atoms with Crippen LogP contribution >= 0.6 is 23.2 Å². The van der Waals surface area contributed by atoms with Gasteiger partial charge in [-0.3, -0.25) is 0 Å². The lowest BCUT2D eigenvalue weighted by Crippen LogP contribution is -2.59. The van der Waals surface area contributed by atoms with Crippen molar-refractivity contribution in [2.24, 2.45) is 11.8 Å². The van der Waals surface area contributed by atoms with E-state index in [-0.39, 0.29) is 6.10 Å². The fourth-order valence-electron chi connectivity index (χ4n) is 2.51. The summed E-state index contributed by atoms with van der Waals surface area (Å²) in [6, 6.07) is 1.66. The monoisotopic (exact) mass is 258 g/mol. The molecule has 2 aliphatic rings. The second-order valence-corrected chi connectivity index (χ2v) is 5.28. The van der Waals surface area contributed by atoms with Crippen molar-refractivity contribution in [2.75, 3.05) is 13.1 Å². The number of piperidine rings is 2. The molecule has 0 radical (unpaired) electrons. The zero-order valence-corrected chi connectivity index (χ0v) is 10.1. The first kappa shape index (κ1) is 10.6. The Bertz CT molecular complexity index is 399. The molecule has 1 aliphatic carbocycles. The van der Waals surface area contributed by atoms with Gasteiger partial charge in [-0.05, 0) is 12.5 Å². The Morgan fingerprint density at radius 2 is 2.06 bits per heavy atom. The van der Waals surface area contributed by atoms with Crippen molar-refractivity contribution in [3.8, 4) is 5.88 Å². The molecule has 1 unspecified atom stereocenters. The number of hydrogen-bond donors (Lipinski definition) is 1. The summed E-state index contributed by atoms with van der Waals surface area (Å²) in [6.45, 7) is 2.07. The quantitative estimate of drug-likeness (QED) is 0.885. The molecule has 1 N–H and O–H groups in total. The third-order valence-corrected chi connectivity index (χ3v) is 3.85. The Morgan fingerprint density at radius 1 is 1.31 bits per heavy atom. The SMILES string of the molecule is Clc1cnc(OC2[C@@H]3CNC[C@H]2C3)c(Cl)c1. The largest absolute Gasteiger partial charge is 0.473 e. The van der Waals surface area contributed by atoms with E-state index in [4.69, 9.17) is 27.9 Å². The van der Waals surface area contributed by atoms with Crippen LogP contribution in [-0.4, -0.2) is 24.2 Å². The van der Waals surface area contributed by atoms with E-state index in [9.17, 15) is 0 Å². The molecule has 2 bridgehead atoms. The highest BCUT2D eigenvalue weighted by Gasteiger charge is 2.45. The number of ether oxygens (including phenoxy) is 1. The fourth-order valence-corrected chi connectivity index (χ4v) is 2.93. The zero-order chi connectivity index (χ0) is 11.1. The van der Waals surface area contributed by atoms with Crippen LogP contribution in [-0.2, 0) is 0 Å². The molecule has 1 aliphatic heterocycles. The van der Waals surface area contributed by atoms with E-state index in [1.165, 1.54) is 6.42 Å². The van der Waals surface area contributed by atoms with Crippen molar-refractivity contribution in [2.45, 2.75) is 12.5 Å². The van der Waals surface area contributed by atoms with Crippen LogP contribution in [0.15, 0.2) is 12.3 Å².